The molecule has 4 rings (SSSR count). The molecule has 6 nitrogen and oxygen atoms in total. The third-order valence-corrected chi connectivity index (χ3v) is 5.63. The fourth-order valence-electron chi connectivity index (χ4n) is 4.23. The molecule has 1 aromatic heterocycles. The maximum absolute atomic E-state index is 12.4. The molecule has 0 spiro atoms. The summed E-state index contributed by atoms with van der Waals surface area (Å²) in [5.74, 6) is 0.740. The fraction of sp³-hybridized carbons (Fsp3) is 0.526. The zero-order chi connectivity index (χ0) is 17.2. The number of carbonyl (C=O) groups is 2. The molecule has 2 heterocycles. The maximum Gasteiger partial charge on any atom is 0.359 e. The summed E-state index contributed by atoms with van der Waals surface area (Å²) >= 11 is 0. The highest BCUT2D eigenvalue weighted by Crippen LogP contribution is 2.36. The average Bonchev–Trinajstić information content (AvgIpc) is 3.09. The van der Waals surface area contributed by atoms with E-state index in [0.29, 0.717) is 11.3 Å². The van der Waals surface area contributed by atoms with Crippen molar-refractivity contribution in [3.05, 3.63) is 30.0 Å². The number of piperidine rings is 1. The van der Waals surface area contributed by atoms with E-state index in [0.717, 1.165) is 30.9 Å². The molecule has 0 unspecified atom stereocenters. The summed E-state index contributed by atoms with van der Waals surface area (Å²) in [6, 6.07) is 7.37. The van der Waals surface area contributed by atoms with Crippen LogP contribution < -0.4 is 0 Å². The van der Waals surface area contributed by atoms with Gasteiger partial charge in [-0.15, -0.1) is 0 Å². The number of nitrogens with one attached hydrogen (secondary N) is 1. The summed E-state index contributed by atoms with van der Waals surface area (Å²) in [5.41, 5.74) is 1.01. The van der Waals surface area contributed by atoms with Gasteiger partial charge in [0.25, 0.3) is 5.91 Å². The molecule has 132 valence electrons. The van der Waals surface area contributed by atoms with Gasteiger partial charge in [0.15, 0.2) is 12.3 Å². The number of amides is 1. The molecular formula is C19H23N3O3. The molecule has 1 aliphatic carbocycles. The van der Waals surface area contributed by atoms with Crippen molar-refractivity contribution in [3.63, 3.8) is 0 Å². The lowest BCUT2D eigenvalue weighted by Crippen LogP contribution is -2.46. The number of fused-ring (bicyclic) bond motifs is 2. The van der Waals surface area contributed by atoms with E-state index >= 15 is 0 Å². The van der Waals surface area contributed by atoms with Crippen LogP contribution in [0.15, 0.2) is 24.3 Å². The Bertz CT molecular complexity index is 785. The number of likely N-dealkylation sites (tertiary alicyclic amines) is 1. The van der Waals surface area contributed by atoms with Crippen LogP contribution in [0, 0.1) is 11.8 Å². The standard InChI is InChI=1S/C19H23N3O3/c23-17(22-10-9-13-5-1-2-6-14(13)11-22)12-25-19(24)18-15-7-3-4-8-16(15)20-21-18/h3-4,7-8,13-14H,1-2,5-6,9-12H2,(H,20,21)/t13-,14+/m1/s1. The Hall–Kier alpha value is -2.37. The number of rotatable bonds is 3. The zero-order valence-electron chi connectivity index (χ0n) is 14.2. The van der Waals surface area contributed by atoms with E-state index in [9.17, 15) is 9.59 Å². The van der Waals surface area contributed by atoms with E-state index in [4.69, 9.17) is 4.74 Å². The van der Waals surface area contributed by atoms with Gasteiger partial charge in [-0.25, -0.2) is 4.79 Å². The number of hydrogen-bond acceptors (Lipinski definition) is 4. The van der Waals surface area contributed by atoms with E-state index in [2.05, 4.69) is 10.2 Å². The van der Waals surface area contributed by atoms with Crippen LogP contribution >= 0.6 is 0 Å². The molecule has 1 N–H and O–H groups in total. The van der Waals surface area contributed by atoms with Gasteiger partial charge in [0, 0.05) is 18.5 Å². The lowest BCUT2D eigenvalue weighted by Gasteiger charge is -2.41. The molecule has 2 aliphatic rings. The second-order valence-corrected chi connectivity index (χ2v) is 7.13. The topological polar surface area (TPSA) is 75.3 Å². The predicted molar refractivity (Wildman–Crippen MR) is 93.0 cm³/mol. The minimum absolute atomic E-state index is 0.0998. The molecule has 6 heteroatoms. The van der Waals surface area contributed by atoms with E-state index in [-0.39, 0.29) is 18.2 Å². The summed E-state index contributed by atoms with van der Waals surface area (Å²) in [4.78, 5) is 26.6. The Balaban J connectivity index is 1.34. The summed E-state index contributed by atoms with van der Waals surface area (Å²) < 4.78 is 5.23. The Morgan fingerprint density at radius 3 is 2.84 bits per heavy atom. The van der Waals surface area contributed by atoms with Crippen LogP contribution in [-0.4, -0.2) is 46.7 Å². The van der Waals surface area contributed by atoms with Crippen LogP contribution in [0.3, 0.4) is 0 Å². The number of hydrogen-bond donors (Lipinski definition) is 1. The lowest BCUT2D eigenvalue weighted by molar-refractivity contribution is -0.137. The molecular weight excluding hydrogens is 318 g/mol. The molecule has 2 atom stereocenters. The number of ether oxygens (including phenoxy) is 1. The maximum atomic E-state index is 12.4. The van der Waals surface area contributed by atoms with E-state index < -0.39 is 5.97 Å². The van der Waals surface area contributed by atoms with Crippen LogP contribution in [-0.2, 0) is 9.53 Å². The van der Waals surface area contributed by atoms with Gasteiger partial charge in [0.05, 0.1) is 5.52 Å². The predicted octanol–water partition coefficient (Wildman–Crippen LogP) is 2.76. The van der Waals surface area contributed by atoms with E-state index in [1.165, 1.54) is 25.7 Å². The van der Waals surface area contributed by atoms with Crippen molar-refractivity contribution in [1.29, 1.82) is 0 Å². The molecule has 1 saturated heterocycles. The summed E-state index contributed by atoms with van der Waals surface area (Å²) in [5, 5.41) is 7.53. The van der Waals surface area contributed by atoms with Crippen LogP contribution in [0.2, 0.25) is 0 Å². The molecule has 1 aliphatic heterocycles. The number of benzene rings is 1. The summed E-state index contributed by atoms with van der Waals surface area (Å²) in [7, 11) is 0. The highest BCUT2D eigenvalue weighted by Gasteiger charge is 2.33. The number of esters is 1. The molecule has 2 fully saturated rings. The average molecular weight is 341 g/mol. The minimum Gasteiger partial charge on any atom is -0.451 e. The van der Waals surface area contributed by atoms with E-state index in [1.54, 1.807) is 0 Å². The van der Waals surface area contributed by atoms with Crippen LogP contribution in [0.25, 0.3) is 10.9 Å². The molecule has 1 aromatic carbocycles. The van der Waals surface area contributed by atoms with Crippen molar-refractivity contribution < 1.29 is 14.3 Å². The molecule has 1 amide bonds. The molecule has 1 saturated carbocycles. The summed E-state index contributed by atoms with van der Waals surface area (Å²) in [6.45, 7) is 1.38. The highest BCUT2D eigenvalue weighted by molar-refractivity contribution is 6.02. The van der Waals surface area contributed by atoms with Crippen LogP contribution in [0.5, 0.6) is 0 Å². The van der Waals surface area contributed by atoms with Gasteiger partial charge in [0.1, 0.15) is 0 Å². The zero-order valence-corrected chi connectivity index (χ0v) is 14.2. The second-order valence-electron chi connectivity index (χ2n) is 7.13. The van der Waals surface area contributed by atoms with Gasteiger partial charge in [0.2, 0.25) is 0 Å². The normalized spacial score (nSPS) is 23.3. The first-order chi connectivity index (χ1) is 12.2. The fourth-order valence-corrected chi connectivity index (χ4v) is 4.23. The second kappa shape index (κ2) is 6.86. The van der Waals surface area contributed by atoms with Gasteiger partial charge in [-0.2, -0.15) is 5.10 Å². The van der Waals surface area contributed by atoms with E-state index in [1.807, 2.05) is 29.2 Å². The van der Waals surface area contributed by atoms with Crippen molar-refractivity contribution in [1.82, 2.24) is 15.1 Å². The Kier molecular flexibility index (Phi) is 4.42. The highest BCUT2D eigenvalue weighted by atomic mass is 16.5. The third kappa shape index (κ3) is 3.25. The van der Waals surface area contributed by atoms with Crippen LogP contribution in [0.4, 0.5) is 0 Å². The minimum atomic E-state index is -0.557. The van der Waals surface area contributed by atoms with Crippen molar-refractivity contribution in [2.45, 2.75) is 32.1 Å². The molecule has 0 bridgehead atoms. The number of H-pyrrole nitrogens is 1. The number of aromatic nitrogens is 2. The van der Waals surface area contributed by atoms with Crippen LogP contribution in [0.1, 0.15) is 42.6 Å². The van der Waals surface area contributed by atoms with Gasteiger partial charge < -0.3 is 9.64 Å². The smallest absolute Gasteiger partial charge is 0.359 e. The SMILES string of the molecule is O=C(OCC(=O)N1CC[C@H]2CCCC[C@H]2C1)c1n[nH]c2ccccc12. The third-order valence-electron chi connectivity index (χ3n) is 5.63. The largest absolute Gasteiger partial charge is 0.451 e. The van der Waals surface area contributed by atoms with Gasteiger partial charge >= 0.3 is 5.97 Å². The van der Waals surface area contributed by atoms with Crippen molar-refractivity contribution in [2.24, 2.45) is 11.8 Å². The first-order valence-electron chi connectivity index (χ1n) is 9.10. The van der Waals surface area contributed by atoms with Gasteiger partial charge in [-0.3, -0.25) is 9.89 Å². The monoisotopic (exact) mass is 341 g/mol. The molecule has 2 aromatic rings. The quantitative estimate of drug-likeness (QED) is 0.871. The van der Waals surface area contributed by atoms with Crippen molar-refractivity contribution in [3.8, 4) is 0 Å². The van der Waals surface area contributed by atoms with Crippen molar-refractivity contribution >= 4 is 22.8 Å². The number of carbonyl (C=O) groups excluding carboxylic acids is 2. The molecule has 0 radical (unpaired) electrons. The first-order valence-corrected chi connectivity index (χ1v) is 9.10. The molecule has 25 heavy (non-hydrogen) atoms. The van der Waals surface area contributed by atoms with Crippen molar-refractivity contribution in [2.75, 3.05) is 19.7 Å². The van der Waals surface area contributed by atoms with Gasteiger partial charge in [-0.1, -0.05) is 37.5 Å². The van der Waals surface area contributed by atoms with Gasteiger partial charge in [-0.05, 0) is 30.7 Å². The Labute approximate surface area is 146 Å². The Morgan fingerprint density at radius 2 is 1.96 bits per heavy atom. The number of nitrogens with zero attached hydrogens (tertiary/aromatic N) is 2. The number of aromatic amines is 1. The lowest BCUT2D eigenvalue weighted by atomic mass is 9.75. The Morgan fingerprint density at radius 1 is 1.16 bits per heavy atom. The summed E-state index contributed by atoms with van der Waals surface area (Å²) in [6.07, 6.45) is 6.19. The number of para-hydroxylation sites is 1. The first kappa shape index (κ1) is 16.1.